The van der Waals surface area contributed by atoms with Crippen LogP contribution in [0.15, 0.2) is 21.7 Å². The number of rotatable bonds is 2. The van der Waals surface area contributed by atoms with E-state index in [-0.39, 0.29) is 10.7 Å². The molecule has 2 rings (SSSR count). The van der Waals surface area contributed by atoms with Crippen molar-refractivity contribution in [1.82, 2.24) is 9.55 Å². The number of methoxy groups -OCH3 is 1. The molecule has 1 aromatic heterocycles. The van der Waals surface area contributed by atoms with Crippen LogP contribution in [0.4, 0.5) is 0 Å². The minimum atomic E-state index is -0.634. The third-order valence-corrected chi connectivity index (χ3v) is 3.76. The van der Waals surface area contributed by atoms with Crippen molar-refractivity contribution >= 4 is 23.2 Å². The molecule has 0 aliphatic heterocycles. The van der Waals surface area contributed by atoms with Crippen molar-refractivity contribution in [1.29, 1.82) is 0 Å². The van der Waals surface area contributed by atoms with E-state index in [4.69, 9.17) is 27.9 Å². The lowest BCUT2D eigenvalue weighted by atomic mass is 10.2. The molecule has 7 heteroatoms. The predicted octanol–water partition coefficient (Wildman–Crippen LogP) is 2.46. The van der Waals surface area contributed by atoms with Gasteiger partial charge in [0.25, 0.3) is 5.56 Å². The fourth-order valence-electron chi connectivity index (χ4n) is 1.80. The maximum atomic E-state index is 12.2. The zero-order chi connectivity index (χ0) is 15.0. The van der Waals surface area contributed by atoms with Crippen LogP contribution in [0.2, 0.25) is 10.2 Å². The molecule has 0 bridgehead atoms. The molecule has 0 radical (unpaired) electrons. The van der Waals surface area contributed by atoms with Crippen LogP contribution in [-0.2, 0) is 0 Å². The molecule has 2 aromatic rings. The van der Waals surface area contributed by atoms with Gasteiger partial charge in [-0.05, 0) is 25.5 Å². The van der Waals surface area contributed by atoms with Crippen molar-refractivity contribution in [2.24, 2.45) is 0 Å². The number of nitrogens with one attached hydrogen (secondary N) is 1. The topological polar surface area (TPSA) is 64.1 Å². The van der Waals surface area contributed by atoms with Crippen LogP contribution in [0, 0.1) is 13.8 Å². The molecule has 1 N–H and O–H groups in total. The van der Waals surface area contributed by atoms with Gasteiger partial charge in [-0.1, -0.05) is 23.2 Å². The average molecular weight is 315 g/mol. The second-order valence-corrected chi connectivity index (χ2v) is 5.07. The van der Waals surface area contributed by atoms with E-state index < -0.39 is 11.2 Å². The second kappa shape index (κ2) is 5.34. The second-order valence-electron chi connectivity index (χ2n) is 4.28. The lowest BCUT2D eigenvalue weighted by Crippen LogP contribution is -2.35. The number of aryl methyl sites for hydroxylation is 1. The highest BCUT2D eigenvalue weighted by Gasteiger charge is 2.16. The summed E-state index contributed by atoms with van der Waals surface area (Å²) in [4.78, 5) is 26.7. The summed E-state index contributed by atoms with van der Waals surface area (Å²) in [6, 6.07) is 3.17. The maximum absolute atomic E-state index is 12.2. The molecule has 1 heterocycles. The van der Waals surface area contributed by atoms with Gasteiger partial charge >= 0.3 is 5.69 Å². The molecule has 0 spiro atoms. The lowest BCUT2D eigenvalue weighted by molar-refractivity contribution is 0.412. The average Bonchev–Trinajstić information content (AvgIpc) is 2.40. The van der Waals surface area contributed by atoms with Crippen LogP contribution in [0.25, 0.3) is 5.69 Å². The summed E-state index contributed by atoms with van der Waals surface area (Å²) in [5, 5.41) is 0.515. The summed E-state index contributed by atoms with van der Waals surface area (Å²) in [7, 11) is 1.44. The molecule has 5 nitrogen and oxygen atoms in total. The molecule has 0 saturated heterocycles. The summed E-state index contributed by atoms with van der Waals surface area (Å²) in [5.74, 6) is 0.329. The third-order valence-electron chi connectivity index (χ3n) is 2.97. The highest BCUT2D eigenvalue weighted by Crippen LogP contribution is 2.28. The molecule has 0 atom stereocenters. The number of hydrogen-bond donors (Lipinski definition) is 1. The van der Waals surface area contributed by atoms with Gasteiger partial charge in [0.1, 0.15) is 10.9 Å². The molecule has 0 aliphatic carbocycles. The van der Waals surface area contributed by atoms with Gasteiger partial charge < -0.3 is 4.74 Å². The number of aromatic nitrogens is 2. The number of ether oxygens (including phenoxy) is 1. The molecule has 0 aliphatic rings. The quantitative estimate of drug-likeness (QED) is 0.866. The third kappa shape index (κ3) is 2.34. The van der Waals surface area contributed by atoms with Crippen molar-refractivity contribution in [3.05, 3.63) is 54.3 Å². The van der Waals surface area contributed by atoms with Gasteiger partial charge in [0.2, 0.25) is 0 Å². The first-order chi connectivity index (χ1) is 9.36. The highest BCUT2D eigenvalue weighted by molar-refractivity contribution is 6.31. The Labute approximate surface area is 124 Å². The van der Waals surface area contributed by atoms with Crippen molar-refractivity contribution < 1.29 is 4.74 Å². The van der Waals surface area contributed by atoms with E-state index >= 15 is 0 Å². The molecule has 0 amide bonds. The SMILES string of the molecule is COc1cc(Cl)c(C)cc1-n1c(=O)[nH]c(Cl)c(C)c1=O. The Morgan fingerprint density at radius 2 is 1.85 bits per heavy atom. The minimum absolute atomic E-state index is 0.0286. The summed E-state index contributed by atoms with van der Waals surface area (Å²) in [6.45, 7) is 3.31. The predicted molar refractivity (Wildman–Crippen MR) is 78.7 cm³/mol. The smallest absolute Gasteiger partial charge is 0.334 e. The van der Waals surface area contributed by atoms with Crippen LogP contribution < -0.4 is 16.0 Å². The Bertz CT molecular complexity index is 793. The first kappa shape index (κ1) is 14.7. The van der Waals surface area contributed by atoms with Gasteiger partial charge in [-0.3, -0.25) is 9.78 Å². The largest absolute Gasteiger partial charge is 0.494 e. The fraction of sp³-hybridized carbons (Fsp3) is 0.231. The Kier molecular flexibility index (Phi) is 3.92. The van der Waals surface area contributed by atoms with E-state index in [0.29, 0.717) is 16.5 Å². The molecule has 0 fully saturated rings. The van der Waals surface area contributed by atoms with E-state index in [2.05, 4.69) is 4.98 Å². The number of halogens is 2. The maximum Gasteiger partial charge on any atom is 0.334 e. The van der Waals surface area contributed by atoms with Crippen molar-refractivity contribution in [2.75, 3.05) is 7.11 Å². The molecule has 0 unspecified atom stereocenters. The van der Waals surface area contributed by atoms with Crippen LogP contribution in [0.1, 0.15) is 11.1 Å². The monoisotopic (exact) mass is 314 g/mol. The zero-order valence-electron chi connectivity index (χ0n) is 11.1. The van der Waals surface area contributed by atoms with Gasteiger partial charge in [-0.15, -0.1) is 0 Å². The number of benzene rings is 1. The van der Waals surface area contributed by atoms with Gasteiger partial charge in [-0.25, -0.2) is 9.36 Å². The molecule has 106 valence electrons. The summed E-state index contributed by atoms with van der Waals surface area (Å²) < 4.78 is 6.16. The van der Waals surface area contributed by atoms with Gasteiger partial charge in [-0.2, -0.15) is 0 Å². The normalized spacial score (nSPS) is 10.7. The molecule has 0 saturated carbocycles. The Morgan fingerprint density at radius 3 is 2.45 bits per heavy atom. The Morgan fingerprint density at radius 1 is 1.20 bits per heavy atom. The van der Waals surface area contributed by atoms with E-state index in [1.54, 1.807) is 19.1 Å². The fourth-order valence-corrected chi connectivity index (χ4v) is 2.12. The van der Waals surface area contributed by atoms with Crippen molar-refractivity contribution in [3.8, 4) is 11.4 Å². The number of hydrogen-bond acceptors (Lipinski definition) is 3. The molecular weight excluding hydrogens is 303 g/mol. The van der Waals surface area contributed by atoms with E-state index in [1.165, 1.54) is 14.0 Å². The molecule has 1 aromatic carbocycles. The summed E-state index contributed by atoms with van der Waals surface area (Å²) >= 11 is 11.8. The first-order valence-electron chi connectivity index (χ1n) is 5.72. The zero-order valence-corrected chi connectivity index (χ0v) is 12.6. The van der Waals surface area contributed by atoms with Gasteiger partial charge in [0.15, 0.2) is 0 Å². The van der Waals surface area contributed by atoms with E-state index in [1.807, 2.05) is 0 Å². The minimum Gasteiger partial charge on any atom is -0.494 e. The standard InChI is InChI=1S/C13H12Cl2N2O3/c1-6-4-9(10(20-3)5-8(6)14)17-12(18)7(2)11(15)16-13(17)19/h4-5H,1-3H3,(H,16,19). The lowest BCUT2D eigenvalue weighted by Gasteiger charge is -2.13. The van der Waals surface area contributed by atoms with E-state index in [0.717, 1.165) is 10.1 Å². The van der Waals surface area contributed by atoms with Gasteiger partial charge in [0.05, 0.1) is 18.4 Å². The van der Waals surface area contributed by atoms with Gasteiger partial charge in [0, 0.05) is 11.1 Å². The van der Waals surface area contributed by atoms with Crippen LogP contribution in [0.3, 0.4) is 0 Å². The molecular formula is C13H12Cl2N2O3. The number of nitrogens with zero attached hydrogens (tertiary/aromatic N) is 1. The van der Waals surface area contributed by atoms with Crippen LogP contribution >= 0.6 is 23.2 Å². The van der Waals surface area contributed by atoms with Crippen LogP contribution in [-0.4, -0.2) is 16.7 Å². The number of aromatic amines is 1. The van der Waals surface area contributed by atoms with E-state index in [9.17, 15) is 9.59 Å². The summed E-state index contributed by atoms with van der Waals surface area (Å²) in [6.07, 6.45) is 0. The van der Waals surface area contributed by atoms with Crippen molar-refractivity contribution in [3.63, 3.8) is 0 Å². The number of H-pyrrole nitrogens is 1. The summed E-state index contributed by atoms with van der Waals surface area (Å²) in [5.41, 5.74) is 0.159. The van der Waals surface area contributed by atoms with Crippen LogP contribution in [0.5, 0.6) is 5.75 Å². The molecule has 20 heavy (non-hydrogen) atoms. The van der Waals surface area contributed by atoms with Crippen molar-refractivity contribution in [2.45, 2.75) is 13.8 Å². The Balaban J connectivity index is 2.89. The Hall–Kier alpha value is -1.72. The highest BCUT2D eigenvalue weighted by atomic mass is 35.5. The first-order valence-corrected chi connectivity index (χ1v) is 6.48.